The number of allylic oxidation sites excluding steroid dienone is 1. The number of hydrogen-bond acceptors (Lipinski definition) is 3. The first kappa shape index (κ1) is 18.6. The molecule has 2 aromatic carbocycles. The predicted octanol–water partition coefficient (Wildman–Crippen LogP) is 3.93. The summed E-state index contributed by atoms with van der Waals surface area (Å²) < 4.78 is 11.0. The van der Waals surface area contributed by atoms with E-state index in [2.05, 4.69) is 11.9 Å². The van der Waals surface area contributed by atoms with Crippen LogP contribution in [0.3, 0.4) is 0 Å². The van der Waals surface area contributed by atoms with Crippen molar-refractivity contribution in [2.24, 2.45) is 0 Å². The number of nitrogens with one attached hydrogen (secondary N) is 1. The van der Waals surface area contributed by atoms with Gasteiger partial charge in [0.15, 0.2) is 0 Å². The summed E-state index contributed by atoms with van der Waals surface area (Å²) in [5.74, 6) is 1.42. The minimum absolute atomic E-state index is 0.112. The lowest BCUT2D eigenvalue weighted by atomic mass is 10.1. The van der Waals surface area contributed by atoms with Gasteiger partial charge in [-0.25, -0.2) is 0 Å². The molecule has 1 atom stereocenters. The Kier molecular flexibility index (Phi) is 6.63. The molecule has 1 amide bonds. The quantitative estimate of drug-likeness (QED) is 0.741. The summed E-state index contributed by atoms with van der Waals surface area (Å²) in [4.78, 5) is 12.4. The Hall–Kier alpha value is -2.75. The van der Waals surface area contributed by atoms with E-state index in [0.717, 1.165) is 17.1 Å². The summed E-state index contributed by atoms with van der Waals surface area (Å²) in [6.45, 7) is 8.09. The fraction of sp³-hybridized carbons (Fsp3) is 0.286. The fourth-order valence-electron chi connectivity index (χ4n) is 2.44. The molecule has 0 bridgehead atoms. The zero-order valence-electron chi connectivity index (χ0n) is 15.0. The van der Waals surface area contributed by atoms with Crippen LogP contribution in [0.4, 0.5) is 0 Å². The summed E-state index contributed by atoms with van der Waals surface area (Å²) in [5, 5.41) is 2.95. The molecule has 0 radical (unpaired) electrons. The summed E-state index contributed by atoms with van der Waals surface area (Å²) in [5.41, 5.74) is 2.72. The lowest BCUT2D eigenvalue weighted by molar-refractivity contribution is 0.0926. The lowest BCUT2D eigenvalue weighted by Gasteiger charge is -2.16. The van der Waals surface area contributed by atoms with Gasteiger partial charge in [0.1, 0.15) is 18.1 Å². The van der Waals surface area contributed by atoms with Crippen LogP contribution in [-0.2, 0) is 6.42 Å². The Labute approximate surface area is 149 Å². The molecule has 2 aromatic rings. The second-order valence-electron chi connectivity index (χ2n) is 6.02. The molecule has 0 fully saturated rings. The van der Waals surface area contributed by atoms with Gasteiger partial charge < -0.3 is 14.8 Å². The summed E-state index contributed by atoms with van der Waals surface area (Å²) in [7, 11) is 1.62. The third-order valence-electron chi connectivity index (χ3n) is 3.81. The number of benzene rings is 2. The van der Waals surface area contributed by atoms with E-state index in [9.17, 15) is 4.79 Å². The van der Waals surface area contributed by atoms with Crippen LogP contribution in [0.2, 0.25) is 0 Å². The molecule has 0 aliphatic heterocycles. The molecule has 0 heterocycles. The van der Waals surface area contributed by atoms with Gasteiger partial charge in [0.05, 0.1) is 13.2 Å². The van der Waals surface area contributed by atoms with Gasteiger partial charge in [-0.15, -0.1) is 6.58 Å². The van der Waals surface area contributed by atoms with Crippen LogP contribution < -0.4 is 14.8 Å². The van der Waals surface area contributed by atoms with Crippen LogP contribution in [0.25, 0.3) is 0 Å². The number of methoxy groups -OCH3 is 1. The molecule has 0 aliphatic rings. The van der Waals surface area contributed by atoms with E-state index in [1.54, 1.807) is 25.3 Å². The Morgan fingerprint density at radius 1 is 1.24 bits per heavy atom. The maximum atomic E-state index is 12.4. The van der Waals surface area contributed by atoms with Gasteiger partial charge in [-0.1, -0.05) is 23.8 Å². The number of carbonyl (C=O) groups is 1. The highest BCUT2D eigenvalue weighted by Crippen LogP contribution is 2.21. The predicted molar refractivity (Wildman–Crippen MR) is 100 cm³/mol. The van der Waals surface area contributed by atoms with Crippen molar-refractivity contribution in [1.82, 2.24) is 5.32 Å². The molecule has 2 rings (SSSR count). The van der Waals surface area contributed by atoms with E-state index in [4.69, 9.17) is 9.47 Å². The first-order valence-electron chi connectivity index (χ1n) is 8.31. The normalized spacial score (nSPS) is 11.5. The van der Waals surface area contributed by atoms with E-state index >= 15 is 0 Å². The van der Waals surface area contributed by atoms with E-state index in [-0.39, 0.29) is 11.9 Å². The van der Waals surface area contributed by atoms with Crippen molar-refractivity contribution in [2.75, 3.05) is 13.7 Å². The minimum atomic E-state index is -0.132. The molecular weight excluding hydrogens is 314 g/mol. The molecule has 25 heavy (non-hydrogen) atoms. The number of hydrogen-bond donors (Lipinski definition) is 1. The molecule has 0 aromatic heterocycles. The minimum Gasteiger partial charge on any atom is -0.496 e. The summed E-state index contributed by atoms with van der Waals surface area (Å²) >= 11 is 0. The smallest absolute Gasteiger partial charge is 0.251 e. The number of ether oxygens (including phenoxy) is 2. The molecule has 0 spiro atoms. The van der Waals surface area contributed by atoms with Crippen molar-refractivity contribution >= 4 is 5.91 Å². The van der Waals surface area contributed by atoms with E-state index in [0.29, 0.717) is 18.6 Å². The Balaban J connectivity index is 1.95. The van der Waals surface area contributed by atoms with Gasteiger partial charge in [0, 0.05) is 5.56 Å². The van der Waals surface area contributed by atoms with Crippen molar-refractivity contribution in [3.8, 4) is 11.5 Å². The number of rotatable bonds is 8. The van der Waals surface area contributed by atoms with Gasteiger partial charge in [0.25, 0.3) is 5.91 Å². The van der Waals surface area contributed by atoms with Crippen LogP contribution in [0.5, 0.6) is 11.5 Å². The highest BCUT2D eigenvalue weighted by Gasteiger charge is 2.13. The average molecular weight is 339 g/mol. The number of aryl methyl sites for hydroxylation is 1. The van der Waals surface area contributed by atoms with Crippen LogP contribution in [0.15, 0.2) is 55.1 Å². The molecule has 132 valence electrons. The Morgan fingerprint density at radius 2 is 1.96 bits per heavy atom. The second-order valence-corrected chi connectivity index (χ2v) is 6.02. The van der Waals surface area contributed by atoms with Crippen LogP contribution in [0.1, 0.15) is 28.4 Å². The zero-order valence-corrected chi connectivity index (χ0v) is 15.0. The molecule has 4 heteroatoms. The third kappa shape index (κ3) is 5.38. The third-order valence-corrected chi connectivity index (χ3v) is 3.81. The average Bonchev–Trinajstić information content (AvgIpc) is 2.61. The molecule has 0 saturated carbocycles. The topological polar surface area (TPSA) is 47.6 Å². The van der Waals surface area contributed by atoms with Crippen molar-refractivity contribution in [2.45, 2.75) is 26.3 Å². The van der Waals surface area contributed by atoms with Crippen molar-refractivity contribution in [3.05, 3.63) is 71.8 Å². The van der Waals surface area contributed by atoms with Crippen molar-refractivity contribution < 1.29 is 14.3 Å². The van der Waals surface area contributed by atoms with Gasteiger partial charge in [0.2, 0.25) is 0 Å². The fourth-order valence-corrected chi connectivity index (χ4v) is 2.44. The molecule has 0 saturated heterocycles. The first-order chi connectivity index (χ1) is 12.0. The first-order valence-corrected chi connectivity index (χ1v) is 8.31. The molecule has 4 nitrogen and oxygen atoms in total. The van der Waals surface area contributed by atoms with Crippen molar-refractivity contribution in [1.29, 1.82) is 0 Å². The summed E-state index contributed by atoms with van der Waals surface area (Å²) in [6, 6.07) is 13.1. The van der Waals surface area contributed by atoms with Crippen molar-refractivity contribution in [3.63, 3.8) is 0 Å². The van der Waals surface area contributed by atoms with Crippen LogP contribution in [-0.4, -0.2) is 25.7 Å². The largest absolute Gasteiger partial charge is 0.496 e. The monoisotopic (exact) mass is 339 g/mol. The SMILES string of the molecule is C=CCc1cc(C(=O)NC(C)COc2ccc(C)cc2)ccc1OC. The van der Waals surface area contributed by atoms with Gasteiger partial charge in [-0.05, 0) is 56.2 Å². The van der Waals surface area contributed by atoms with Gasteiger partial charge in [-0.2, -0.15) is 0 Å². The standard InChI is InChI=1S/C21H25NO3/c1-5-6-17-13-18(9-12-20(17)24-4)21(23)22-16(3)14-25-19-10-7-15(2)8-11-19/h5,7-13,16H,1,6,14H2,2-4H3,(H,22,23). The molecule has 1 unspecified atom stereocenters. The van der Waals surface area contributed by atoms with E-state index in [1.165, 1.54) is 5.56 Å². The van der Waals surface area contributed by atoms with Gasteiger partial charge >= 0.3 is 0 Å². The molecule has 0 aliphatic carbocycles. The zero-order chi connectivity index (χ0) is 18.2. The highest BCUT2D eigenvalue weighted by molar-refractivity contribution is 5.94. The maximum Gasteiger partial charge on any atom is 0.251 e. The maximum absolute atomic E-state index is 12.4. The van der Waals surface area contributed by atoms with E-state index in [1.807, 2.05) is 44.2 Å². The van der Waals surface area contributed by atoms with Crippen LogP contribution in [0, 0.1) is 6.92 Å². The second kappa shape index (κ2) is 8.92. The lowest BCUT2D eigenvalue weighted by Crippen LogP contribution is -2.36. The molecular formula is C21H25NO3. The highest BCUT2D eigenvalue weighted by atomic mass is 16.5. The van der Waals surface area contributed by atoms with E-state index < -0.39 is 0 Å². The van der Waals surface area contributed by atoms with Gasteiger partial charge in [-0.3, -0.25) is 4.79 Å². The number of carbonyl (C=O) groups excluding carboxylic acids is 1. The molecule has 1 N–H and O–H groups in total. The summed E-state index contributed by atoms with van der Waals surface area (Å²) in [6.07, 6.45) is 2.44. The number of amides is 1. The Bertz CT molecular complexity index is 722. The van der Waals surface area contributed by atoms with Crippen LogP contribution >= 0.6 is 0 Å². The Morgan fingerprint density at radius 3 is 2.60 bits per heavy atom.